The van der Waals surface area contributed by atoms with E-state index in [1.54, 1.807) is 4.90 Å². The van der Waals surface area contributed by atoms with E-state index in [4.69, 9.17) is 10.2 Å². The lowest BCUT2D eigenvalue weighted by Crippen LogP contribution is -2.40. The summed E-state index contributed by atoms with van der Waals surface area (Å²) < 4.78 is 0. The molecule has 2 rings (SSSR count). The molecule has 0 saturated heterocycles. The normalized spacial score (nSPS) is 17.9. The summed E-state index contributed by atoms with van der Waals surface area (Å²) in [7, 11) is 0. The molecule has 21 heavy (non-hydrogen) atoms. The van der Waals surface area contributed by atoms with Gasteiger partial charge in [-0.2, -0.15) is 0 Å². The fourth-order valence-electron chi connectivity index (χ4n) is 2.50. The fraction of sp³-hybridized carbons (Fsp3) is 0.429. The molecule has 1 aliphatic heterocycles. The zero-order valence-electron chi connectivity index (χ0n) is 11.5. The summed E-state index contributed by atoms with van der Waals surface area (Å²) in [4.78, 5) is 24.6. The van der Waals surface area contributed by atoms with Crippen molar-refractivity contribution >= 4 is 11.9 Å². The molecule has 1 heterocycles. The molecule has 7 heteroatoms. The maximum absolute atomic E-state index is 10.7. The SMILES string of the molecule is O=C(O)CN(CCN1Cc2ccccc2C1O)CC(=O)O. The summed E-state index contributed by atoms with van der Waals surface area (Å²) in [6.07, 6.45) is -0.724. The lowest BCUT2D eigenvalue weighted by Gasteiger charge is -2.24. The average Bonchev–Trinajstić information content (AvgIpc) is 2.72. The minimum atomic E-state index is -1.07. The van der Waals surface area contributed by atoms with Crippen molar-refractivity contribution in [1.29, 1.82) is 0 Å². The fourth-order valence-corrected chi connectivity index (χ4v) is 2.50. The van der Waals surface area contributed by atoms with Crippen LogP contribution in [0, 0.1) is 0 Å². The maximum Gasteiger partial charge on any atom is 0.317 e. The van der Waals surface area contributed by atoms with Gasteiger partial charge in [-0.3, -0.25) is 19.4 Å². The molecule has 3 N–H and O–H groups in total. The van der Waals surface area contributed by atoms with E-state index in [0.29, 0.717) is 13.1 Å². The van der Waals surface area contributed by atoms with Crippen LogP contribution in [0.25, 0.3) is 0 Å². The standard InChI is InChI=1S/C14H18N2O5/c17-12(18)8-15(9-13(19)20)5-6-16-7-10-3-1-2-4-11(10)14(16)21/h1-4,14,21H,5-9H2,(H,17,18)(H,19,20). The van der Waals surface area contributed by atoms with Crippen molar-refractivity contribution in [2.24, 2.45) is 0 Å². The topological polar surface area (TPSA) is 101 Å². The van der Waals surface area contributed by atoms with Crippen LogP contribution in [-0.2, 0) is 16.1 Å². The molecule has 1 atom stereocenters. The van der Waals surface area contributed by atoms with Crippen molar-refractivity contribution in [3.8, 4) is 0 Å². The molecule has 0 bridgehead atoms. The molecule has 1 aliphatic rings. The van der Waals surface area contributed by atoms with Crippen LogP contribution >= 0.6 is 0 Å². The smallest absolute Gasteiger partial charge is 0.317 e. The second-order valence-corrected chi connectivity index (χ2v) is 5.04. The van der Waals surface area contributed by atoms with Crippen molar-refractivity contribution in [3.63, 3.8) is 0 Å². The second kappa shape index (κ2) is 6.66. The minimum absolute atomic E-state index is 0.268. The van der Waals surface area contributed by atoms with E-state index in [2.05, 4.69) is 0 Å². The van der Waals surface area contributed by atoms with Crippen molar-refractivity contribution < 1.29 is 24.9 Å². The van der Waals surface area contributed by atoms with Gasteiger partial charge >= 0.3 is 11.9 Å². The monoisotopic (exact) mass is 294 g/mol. The maximum atomic E-state index is 10.7. The molecule has 1 aromatic carbocycles. The van der Waals surface area contributed by atoms with Gasteiger partial charge in [-0.15, -0.1) is 0 Å². The van der Waals surface area contributed by atoms with Gasteiger partial charge in [0.25, 0.3) is 0 Å². The first-order chi connectivity index (χ1) is 9.97. The number of fused-ring (bicyclic) bond motifs is 1. The van der Waals surface area contributed by atoms with Crippen molar-refractivity contribution in [3.05, 3.63) is 35.4 Å². The molecule has 0 amide bonds. The molecule has 0 fully saturated rings. The van der Waals surface area contributed by atoms with Gasteiger partial charge < -0.3 is 15.3 Å². The highest BCUT2D eigenvalue weighted by molar-refractivity contribution is 5.72. The summed E-state index contributed by atoms with van der Waals surface area (Å²) in [5.41, 5.74) is 1.88. The number of rotatable bonds is 7. The number of aliphatic carboxylic acids is 2. The Bertz CT molecular complexity index is 518. The Balaban J connectivity index is 1.93. The molecule has 0 radical (unpaired) electrons. The minimum Gasteiger partial charge on any atom is -0.480 e. The third-order valence-electron chi connectivity index (χ3n) is 3.47. The number of benzene rings is 1. The quantitative estimate of drug-likeness (QED) is 0.649. The van der Waals surface area contributed by atoms with Crippen LogP contribution in [0.15, 0.2) is 24.3 Å². The summed E-state index contributed by atoms with van der Waals surface area (Å²) in [5, 5.41) is 27.8. The Hall–Kier alpha value is -1.96. The number of aliphatic hydroxyl groups excluding tert-OH is 1. The van der Waals surface area contributed by atoms with E-state index in [0.717, 1.165) is 11.1 Å². The molecule has 1 unspecified atom stereocenters. The van der Waals surface area contributed by atoms with Crippen LogP contribution in [0.3, 0.4) is 0 Å². The Morgan fingerprint density at radius 2 is 1.81 bits per heavy atom. The molecule has 0 aliphatic carbocycles. The van der Waals surface area contributed by atoms with Gasteiger partial charge in [-0.1, -0.05) is 24.3 Å². The highest BCUT2D eigenvalue weighted by atomic mass is 16.4. The van der Waals surface area contributed by atoms with Crippen LogP contribution in [-0.4, -0.2) is 63.2 Å². The van der Waals surface area contributed by atoms with E-state index in [-0.39, 0.29) is 19.6 Å². The number of carboxylic acid groups (broad SMARTS) is 2. The third kappa shape index (κ3) is 4.01. The van der Waals surface area contributed by atoms with Crippen LogP contribution in [0.5, 0.6) is 0 Å². The molecular weight excluding hydrogens is 276 g/mol. The predicted molar refractivity (Wildman–Crippen MR) is 73.5 cm³/mol. The van der Waals surface area contributed by atoms with Gasteiger partial charge in [0, 0.05) is 19.6 Å². The highest BCUT2D eigenvalue weighted by Crippen LogP contribution is 2.30. The van der Waals surface area contributed by atoms with E-state index in [1.807, 2.05) is 24.3 Å². The molecule has 7 nitrogen and oxygen atoms in total. The molecule has 114 valence electrons. The van der Waals surface area contributed by atoms with Crippen LogP contribution in [0.2, 0.25) is 0 Å². The van der Waals surface area contributed by atoms with Gasteiger partial charge in [-0.25, -0.2) is 0 Å². The lowest BCUT2D eigenvalue weighted by molar-refractivity contribution is -0.141. The molecule has 0 saturated carbocycles. The Kier molecular flexibility index (Phi) is 4.89. The van der Waals surface area contributed by atoms with Gasteiger partial charge in [-0.05, 0) is 11.1 Å². The van der Waals surface area contributed by atoms with Crippen molar-refractivity contribution in [1.82, 2.24) is 9.80 Å². The average molecular weight is 294 g/mol. The zero-order chi connectivity index (χ0) is 15.4. The van der Waals surface area contributed by atoms with E-state index < -0.39 is 18.2 Å². The number of carbonyl (C=O) groups is 2. The Morgan fingerprint density at radius 3 is 2.38 bits per heavy atom. The van der Waals surface area contributed by atoms with Crippen LogP contribution in [0.1, 0.15) is 17.4 Å². The Labute approximate surface area is 122 Å². The van der Waals surface area contributed by atoms with Gasteiger partial charge in [0.15, 0.2) is 0 Å². The summed E-state index contributed by atoms with van der Waals surface area (Å²) in [6.45, 7) is 0.581. The van der Waals surface area contributed by atoms with E-state index in [1.165, 1.54) is 4.90 Å². The second-order valence-electron chi connectivity index (χ2n) is 5.04. The van der Waals surface area contributed by atoms with Crippen molar-refractivity contribution in [2.45, 2.75) is 12.8 Å². The number of nitrogens with zero attached hydrogens (tertiary/aromatic N) is 2. The number of aliphatic hydroxyl groups is 1. The lowest BCUT2D eigenvalue weighted by atomic mass is 10.1. The van der Waals surface area contributed by atoms with Gasteiger partial charge in [0.2, 0.25) is 0 Å². The van der Waals surface area contributed by atoms with Crippen LogP contribution in [0.4, 0.5) is 0 Å². The van der Waals surface area contributed by atoms with E-state index in [9.17, 15) is 14.7 Å². The van der Waals surface area contributed by atoms with Gasteiger partial charge in [0.05, 0.1) is 13.1 Å². The molecule has 0 spiro atoms. The number of hydrogen-bond acceptors (Lipinski definition) is 5. The summed E-state index contributed by atoms with van der Waals surface area (Å²) in [5.74, 6) is -2.14. The number of carboxylic acids is 2. The first-order valence-electron chi connectivity index (χ1n) is 6.63. The summed E-state index contributed by atoms with van der Waals surface area (Å²) >= 11 is 0. The zero-order valence-corrected chi connectivity index (χ0v) is 11.5. The largest absolute Gasteiger partial charge is 0.480 e. The first-order valence-corrected chi connectivity index (χ1v) is 6.63. The molecular formula is C14H18N2O5. The molecule has 1 aromatic rings. The van der Waals surface area contributed by atoms with Gasteiger partial charge in [0.1, 0.15) is 6.23 Å². The third-order valence-corrected chi connectivity index (χ3v) is 3.47. The number of hydrogen-bond donors (Lipinski definition) is 3. The molecule has 0 aromatic heterocycles. The first kappa shape index (κ1) is 15.4. The van der Waals surface area contributed by atoms with E-state index >= 15 is 0 Å². The van der Waals surface area contributed by atoms with Crippen molar-refractivity contribution in [2.75, 3.05) is 26.2 Å². The predicted octanol–water partition coefficient (Wildman–Crippen LogP) is -0.0357. The van der Waals surface area contributed by atoms with Crippen LogP contribution < -0.4 is 0 Å². The Morgan fingerprint density at radius 1 is 1.19 bits per heavy atom. The summed E-state index contributed by atoms with van der Waals surface area (Å²) in [6, 6.07) is 7.54. The highest BCUT2D eigenvalue weighted by Gasteiger charge is 2.28.